The van der Waals surface area contributed by atoms with Crippen LogP contribution in [0.2, 0.25) is 0 Å². The van der Waals surface area contributed by atoms with E-state index in [4.69, 9.17) is 0 Å². The summed E-state index contributed by atoms with van der Waals surface area (Å²) in [6.07, 6.45) is 0. The highest BCUT2D eigenvalue weighted by Crippen LogP contribution is 2.26. The average Bonchev–Trinajstić information content (AvgIpc) is 2.58. The van der Waals surface area contributed by atoms with Gasteiger partial charge in [0.1, 0.15) is 5.82 Å². The van der Waals surface area contributed by atoms with Crippen LogP contribution in [-0.4, -0.2) is 37.1 Å². The Morgan fingerprint density at radius 3 is 2.33 bits per heavy atom. The second-order valence-corrected chi connectivity index (χ2v) is 7.36. The number of anilines is 2. The Bertz CT molecular complexity index is 665. The van der Waals surface area contributed by atoms with Gasteiger partial charge in [0.15, 0.2) is 0 Å². The second-order valence-electron chi connectivity index (χ2n) is 6.48. The van der Waals surface area contributed by atoms with Gasteiger partial charge >= 0.3 is 0 Å². The Morgan fingerprint density at radius 1 is 1.04 bits per heavy atom. The molecule has 24 heavy (non-hydrogen) atoms. The van der Waals surface area contributed by atoms with Gasteiger partial charge in [-0.05, 0) is 75.3 Å². The van der Waals surface area contributed by atoms with E-state index in [9.17, 15) is 4.39 Å². The standard InChI is InChI=1S/C19H24FN3S/c1-14-12-23(13-15(2)22(14)3)18-7-9-19(10-8-18)24-21-17-6-4-5-16(20)11-17/h4-11,14-15,21H,12-13H2,1-3H3. The maximum Gasteiger partial charge on any atom is 0.125 e. The molecule has 0 bridgehead atoms. The molecule has 1 fully saturated rings. The Balaban J connectivity index is 1.61. The van der Waals surface area contributed by atoms with Crippen LogP contribution in [0.1, 0.15) is 13.8 Å². The zero-order chi connectivity index (χ0) is 17.1. The van der Waals surface area contributed by atoms with Crippen molar-refractivity contribution in [3.05, 3.63) is 54.3 Å². The molecular formula is C19H24FN3S. The van der Waals surface area contributed by atoms with Gasteiger partial charge in [0, 0.05) is 41.4 Å². The van der Waals surface area contributed by atoms with E-state index in [1.165, 1.54) is 29.8 Å². The highest BCUT2D eigenvalue weighted by Gasteiger charge is 2.26. The molecular weight excluding hydrogens is 321 g/mol. The normalized spacial score (nSPS) is 21.8. The smallest absolute Gasteiger partial charge is 0.125 e. The molecule has 3 nitrogen and oxygen atoms in total. The van der Waals surface area contributed by atoms with E-state index in [0.717, 1.165) is 23.7 Å². The van der Waals surface area contributed by atoms with Crippen molar-refractivity contribution in [2.75, 3.05) is 29.8 Å². The van der Waals surface area contributed by atoms with E-state index in [0.29, 0.717) is 12.1 Å². The number of halogens is 1. The van der Waals surface area contributed by atoms with Crippen molar-refractivity contribution in [2.45, 2.75) is 30.8 Å². The molecule has 2 atom stereocenters. The summed E-state index contributed by atoms with van der Waals surface area (Å²) in [5.41, 5.74) is 2.03. The van der Waals surface area contributed by atoms with Gasteiger partial charge in [0.05, 0.1) is 0 Å². The molecule has 1 saturated heterocycles. The van der Waals surface area contributed by atoms with Crippen molar-refractivity contribution in [1.82, 2.24) is 4.90 Å². The third-order valence-corrected chi connectivity index (χ3v) is 5.52. The molecule has 1 heterocycles. The van der Waals surface area contributed by atoms with Crippen molar-refractivity contribution >= 4 is 23.3 Å². The molecule has 2 unspecified atom stereocenters. The maximum absolute atomic E-state index is 13.2. The monoisotopic (exact) mass is 345 g/mol. The van der Waals surface area contributed by atoms with E-state index in [2.05, 4.69) is 59.7 Å². The number of benzene rings is 2. The largest absolute Gasteiger partial charge is 0.368 e. The lowest BCUT2D eigenvalue weighted by Crippen LogP contribution is -2.55. The van der Waals surface area contributed by atoms with Gasteiger partial charge in [0.2, 0.25) is 0 Å². The summed E-state index contributed by atoms with van der Waals surface area (Å²) in [7, 11) is 2.20. The van der Waals surface area contributed by atoms with Gasteiger partial charge in [-0.2, -0.15) is 0 Å². The lowest BCUT2D eigenvalue weighted by Gasteiger charge is -2.43. The molecule has 2 aromatic carbocycles. The molecule has 2 aromatic rings. The van der Waals surface area contributed by atoms with Gasteiger partial charge in [-0.15, -0.1) is 0 Å². The van der Waals surface area contributed by atoms with Crippen LogP contribution in [0.4, 0.5) is 15.8 Å². The molecule has 0 aromatic heterocycles. The lowest BCUT2D eigenvalue weighted by atomic mass is 10.1. The predicted octanol–water partition coefficient (Wildman–Crippen LogP) is 4.47. The fraction of sp³-hybridized carbons (Fsp3) is 0.368. The summed E-state index contributed by atoms with van der Waals surface area (Å²) in [5.74, 6) is -0.228. The molecule has 128 valence electrons. The molecule has 0 aliphatic carbocycles. The number of hydrogen-bond donors (Lipinski definition) is 1. The summed E-state index contributed by atoms with van der Waals surface area (Å²) in [4.78, 5) is 5.99. The van der Waals surface area contributed by atoms with Crippen LogP contribution in [0.25, 0.3) is 0 Å². The van der Waals surface area contributed by atoms with Crippen LogP contribution >= 0.6 is 11.9 Å². The Labute approximate surface area is 148 Å². The van der Waals surface area contributed by atoms with Gasteiger partial charge < -0.3 is 9.62 Å². The lowest BCUT2D eigenvalue weighted by molar-refractivity contribution is 0.170. The van der Waals surface area contributed by atoms with Gasteiger partial charge in [0.25, 0.3) is 0 Å². The van der Waals surface area contributed by atoms with E-state index in [-0.39, 0.29) is 5.82 Å². The van der Waals surface area contributed by atoms with Crippen molar-refractivity contribution in [3.63, 3.8) is 0 Å². The third-order valence-electron chi connectivity index (χ3n) is 4.67. The highest BCUT2D eigenvalue weighted by atomic mass is 32.2. The first-order valence-electron chi connectivity index (χ1n) is 8.28. The summed E-state index contributed by atoms with van der Waals surface area (Å²) in [6.45, 7) is 6.65. The fourth-order valence-electron chi connectivity index (χ4n) is 3.01. The van der Waals surface area contributed by atoms with Gasteiger partial charge in [-0.1, -0.05) is 6.07 Å². The predicted molar refractivity (Wildman–Crippen MR) is 101 cm³/mol. The SMILES string of the molecule is CC1CN(c2ccc(SNc3cccc(F)c3)cc2)CC(C)N1C. The Hall–Kier alpha value is -1.72. The van der Waals surface area contributed by atoms with Crippen LogP contribution in [0.3, 0.4) is 0 Å². The van der Waals surface area contributed by atoms with Gasteiger partial charge in [-0.3, -0.25) is 4.90 Å². The Kier molecular flexibility index (Phi) is 5.31. The zero-order valence-corrected chi connectivity index (χ0v) is 15.2. The van der Waals surface area contributed by atoms with Crippen molar-refractivity contribution in [2.24, 2.45) is 0 Å². The van der Waals surface area contributed by atoms with Crippen molar-refractivity contribution < 1.29 is 4.39 Å². The van der Waals surface area contributed by atoms with Crippen molar-refractivity contribution in [1.29, 1.82) is 0 Å². The van der Waals surface area contributed by atoms with E-state index in [1.807, 2.05) is 6.07 Å². The molecule has 1 N–H and O–H groups in total. The molecule has 5 heteroatoms. The molecule has 0 saturated carbocycles. The first-order valence-corrected chi connectivity index (χ1v) is 9.10. The van der Waals surface area contributed by atoms with Crippen molar-refractivity contribution in [3.8, 4) is 0 Å². The highest BCUT2D eigenvalue weighted by molar-refractivity contribution is 8.00. The first-order chi connectivity index (χ1) is 11.5. The molecule has 0 spiro atoms. The minimum atomic E-state index is -0.228. The van der Waals surface area contributed by atoms with Crippen LogP contribution in [0.15, 0.2) is 53.4 Å². The van der Waals surface area contributed by atoms with Gasteiger partial charge in [-0.25, -0.2) is 4.39 Å². The van der Waals surface area contributed by atoms with Crippen LogP contribution in [-0.2, 0) is 0 Å². The molecule has 3 rings (SSSR count). The Morgan fingerprint density at radius 2 is 1.71 bits per heavy atom. The quantitative estimate of drug-likeness (QED) is 0.824. The van der Waals surface area contributed by atoms with E-state index in [1.54, 1.807) is 6.07 Å². The number of nitrogens with one attached hydrogen (secondary N) is 1. The topological polar surface area (TPSA) is 18.5 Å². The minimum Gasteiger partial charge on any atom is -0.368 e. The van der Waals surface area contributed by atoms with Crippen LogP contribution in [0, 0.1) is 5.82 Å². The molecule has 1 aliphatic heterocycles. The first kappa shape index (κ1) is 17.1. The molecule has 1 aliphatic rings. The number of likely N-dealkylation sites (N-methyl/N-ethyl adjacent to an activating group) is 1. The number of piperazine rings is 1. The summed E-state index contributed by atoms with van der Waals surface area (Å²) in [6, 6.07) is 16.2. The maximum atomic E-state index is 13.2. The summed E-state index contributed by atoms with van der Waals surface area (Å²) >= 11 is 1.50. The zero-order valence-electron chi connectivity index (χ0n) is 14.4. The third kappa shape index (κ3) is 4.02. The average molecular weight is 345 g/mol. The van der Waals surface area contributed by atoms with E-state index >= 15 is 0 Å². The second kappa shape index (κ2) is 7.45. The van der Waals surface area contributed by atoms with Crippen LogP contribution < -0.4 is 9.62 Å². The molecule has 0 amide bonds. The summed E-state index contributed by atoms with van der Waals surface area (Å²) < 4.78 is 16.4. The summed E-state index contributed by atoms with van der Waals surface area (Å²) in [5, 5.41) is 0. The number of rotatable bonds is 4. The number of hydrogen-bond acceptors (Lipinski definition) is 4. The molecule has 0 radical (unpaired) electrons. The van der Waals surface area contributed by atoms with Crippen LogP contribution in [0.5, 0.6) is 0 Å². The fourth-order valence-corrected chi connectivity index (χ4v) is 3.64. The van der Waals surface area contributed by atoms with E-state index < -0.39 is 0 Å². The minimum absolute atomic E-state index is 0.228. The number of nitrogens with zero attached hydrogens (tertiary/aromatic N) is 2.